The number of ether oxygens (including phenoxy) is 2. The lowest BCUT2D eigenvalue weighted by Crippen LogP contribution is -2.47. The van der Waals surface area contributed by atoms with E-state index >= 15 is 0 Å². The van der Waals surface area contributed by atoms with Gasteiger partial charge < -0.3 is 19.9 Å². The molecule has 0 heterocycles. The van der Waals surface area contributed by atoms with Gasteiger partial charge in [-0.1, -0.05) is 78.9 Å². The van der Waals surface area contributed by atoms with E-state index in [1.165, 1.54) is 12.0 Å². The van der Waals surface area contributed by atoms with Crippen LogP contribution in [0.2, 0.25) is 0 Å². The minimum absolute atomic E-state index is 0.000183. The number of benzene rings is 4. The fraction of sp³-hybridized carbons (Fsp3) is 0.133. The lowest BCUT2D eigenvalue weighted by atomic mass is 10.0. The molecule has 188 valence electrons. The zero-order valence-electron chi connectivity index (χ0n) is 20.4. The quantitative estimate of drug-likeness (QED) is 0.289. The average molecular weight is 497 g/mol. The van der Waals surface area contributed by atoms with Crippen molar-refractivity contribution in [3.05, 3.63) is 120 Å². The van der Waals surface area contributed by atoms with Crippen LogP contribution in [-0.2, 0) is 17.8 Å². The molecule has 37 heavy (non-hydrogen) atoms. The normalized spacial score (nSPS) is 11.3. The number of amides is 2. The van der Waals surface area contributed by atoms with Crippen LogP contribution in [0.15, 0.2) is 109 Å². The molecule has 0 saturated carbocycles. The van der Waals surface area contributed by atoms with Gasteiger partial charge in [0.05, 0.1) is 18.5 Å². The van der Waals surface area contributed by atoms with Crippen LogP contribution in [-0.4, -0.2) is 30.3 Å². The van der Waals surface area contributed by atoms with E-state index in [-0.39, 0.29) is 13.0 Å². The monoisotopic (exact) mass is 496 g/mol. The third-order valence-corrected chi connectivity index (χ3v) is 5.76. The molecular weight excluding hydrogens is 468 g/mol. The molecule has 1 atom stereocenters. The summed E-state index contributed by atoms with van der Waals surface area (Å²) in [6.07, 6.45) is -0.000183. The molecule has 0 aliphatic carbocycles. The molecular formula is C30H28N2O5. The van der Waals surface area contributed by atoms with E-state index in [1.54, 1.807) is 42.5 Å². The van der Waals surface area contributed by atoms with Crippen LogP contribution in [0.3, 0.4) is 0 Å². The number of hydrogen-bond donors (Lipinski definition) is 2. The number of carboxylic acid groups (broad SMARTS) is 1. The average Bonchev–Trinajstić information content (AvgIpc) is 2.93. The molecule has 0 aliphatic rings. The molecule has 0 spiro atoms. The highest BCUT2D eigenvalue weighted by atomic mass is 16.5. The molecule has 2 amide bonds. The Labute approximate surface area is 215 Å². The summed E-state index contributed by atoms with van der Waals surface area (Å²) in [5.74, 6) is -0.234. The Morgan fingerprint density at radius 3 is 1.92 bits per heavy atom. The number of para-hydroxylation sites is 3. The summed E-state index contributed by atoms with van der Waals surface area (Å²) in [4.78, 5) is 27.2. The first-order chi connectivity index (χ1) is 18.1. The summed E-state index contributed by atoms with van der Waals surface area (Å²) in [6.45, 7) is 0.286. The van der Waals surface area contributed by atoms with E-state index in [4.69, 9.17) is 9.47 Å². The molecule has 0 unspecified atom stereocenters. The summed E-state index contributed by atoms with van der Waals surface area (Å²) in [6, 6.07) is 31.3. The fourth-order valence-corrected chi connectivity index (χ4v) is 3.95. The van der Waals surface area contributed by atoms with Crippen molar-refractivity contribution in [1.29, 1.82) is 0 Å². The Morgan fingerprint density at radius 2 is 1.38 bits per heavy atom. The molecule has 7 heteroatoms. The maximum atomic E-state index is 13.5. The largest absolute Gasteiger partial charge is 0.493 e. The van der Waals surface area contributed by atoms with E-state index < -0.39 is 18.0 Å². The zero-order valence-corrected chi connectivity index (χ0v) is 20.4. The Hall–Kier alpha value is -4.78. The van der Waals surface area contributed by atoms with Crippen LogP contribution < -0.4 is 19.7 Å². The van der Waals surface area contributed by atoms with E-state index in [0.29, 0.717) is 28.4 Å². The lowest BCUT2D eigenvalue weighted by molar-refractivity contribution is -0.139. The van der Waals surface area contributed by atoms with Gasteiger partial charge in [-0.2, -0.15) is 0 Å². The van der Waals surface area contributed by atoms with E-state index in [2.05, 4.69) is 5.32 Å². The third-order valence-electron chi connectivity index (χ3n) is 5.76. The maximum Gasteiger partial charge on any atom is 0.327 e. The predicted octanol–water partition coefficient (Wildman–Crippen LogP) is 5.82. The highest BCUT2D eigenvalue weighted by Crippen LogP contribution is 2.33. The molecule has 4 rings (SSSR count). The number of anilines is 2. The first-order valence-corrected chi connectivity index (χ1v) is 11.8. The molecule has 0 aliphatic heterocycles. The molecule has 0 fully saturated rings. The van der Waals surface area contributed by atoms with Gasteiger partial charge in [-0.3, -0.25) is 4.90 Å². The van der Waals surface area contributed by atoms with Gasteiger partial charge in [0.1, 0.15) is 12.6 Å². The number of nitrogens with one attached hydrogen (secondary N) is 1. The zero-order chi connectivity index (χ0) is 26.0. The molecule has 4 aromatic rings. The van der Waals surface area contributed by atoms with Gasteiger partial charge in [0, 0.05) is 12.0 Å². The van der Waals surface area contributed by atoms with Gasteiger partial charge in [-0.15, -0.1) is 0 Å². The van der Waals surface area contributed by atoms with Crippen molar-refractivity contribution in [1.82, 2.24) is 5.32 Å². The first kappa shape index (κ1) is 25.3. The Bertz CT molecular complexity index is 1270. The minimum Gasteiger partial charge on any atom is -0.493 e. The Morgan fingerprint density at radius 1 is 0.811 bits per heavy atom. The maximum absolute atomic E-state index is 13.5. The van der Waals surface area contributed by atoms with Gasteiger partial charge >= 0.3 is 12.0 Å². The number of nitrogens with zero attached hydrogens (tertiary/aromatic N) is 1. The molecule has 0 radical (unpaired) electrons. The summed E-state index contributed by atoms with van der Waals surface area (Å²) in [7, 11) is 1.53. The van der Waals surface area contributed by atoms with E-state index in [9.17, 15) is 14.7 Å². The molecule has 4 aromatic carbocycles. The van der Waals surface area contributed by atoms with Crippen LogP contribution in [0.1, 0.15) is 11.1 Å². The Balaban J connectivity index is 1.59. The fourth-order valence-electron chi connectivity index (χ4n) is 3.95. The van der Waals surface area contributed by atoms with Crippen molar-refractivity contribution in [2.75, 3.05) is 12.0 Å². The number of methoxy groups -OCH3 is 1. The summed E-state index contributed by atoms with van der Waals surface area (Å²) in [5.41, 5.74) is 2.80. The first-order valence-electron chi connectivity index (χ1n) is 11.8. The van der Waals surface area contributed by atoms with Crippen molar-refractivity contribution < 1.29 is 24.2 Å². The van der Waals surface area contributed by atoms with Crippen molar-refractivity contribution in [2.24, 2.45) is 0 Å². The smallest absolute Gasteiger partial charge is 0.327 e. The van der Waals surface area contributed by atoms with Gasteiger partial charge in [0.2, 0.25) is 0 Å². The number of carbonyl (C=O) groups excluding carboxylic acids is 1. The van der Waals surface area contributed by atoms with Crippen molar-refractivity contribution >= 4 is 23.4 Å². The number of aliphatic carboxylic acids is 1. The minimum atomic E-state index is -1.21. The number of urea groups is 1. The molecule has 0 aromatic heterocycles. The number of carbonyl (C=O) groups is 2. The van der Waals surface area contributed by atoms with E-state index in [0.717, 1.165) is 5.56 Å². The van der Waals surface area contributed by atoms with Gasteiger partial charge in [0.25, 0.3) is 0 Å². The topological polar surface area (TPSA) is 88.1 Å². The number of carboxylic acids is 1. The summed E-state index contributed by atoms with van der Waals surface area (Å²) in [5, 5.41) is 12.7. The van der Waals surface area contributed by atoms with Gasteiger partial charge in [0.15, 0.2) is 11.5 Å². The highest BCUT2D eigenvalue weighted by Gasteiger charge is 2.27. The molecule has 0 bridgehead atoms. The van der Waals surface area contributed by atoms with Crippen molar-refractivity contribution in [3.63, 3.8) is 0 Å². The molecule has 0 saturated heterocycles. The summed E-state index contributed by atoms with van der Waals surface area (Å²) < 4.78 is 11.6. The number of hydrogen-bond acceptors (Lipinski definition) is 4. The van der Waals surface area contributed by atoms with E-state index in [1.807, 2.05) is 66.7 Å². The second-order valence-electron chi connectivity index (χ2n) is 8.27. The van der Waals surface area contributed by atoms with Gasteiger partial charge in [-0.25, -0.2) is 9.59 Å². The Kier molecular flexibility index (Phi) is 8.39. The standard InChI is InChI=1S/C30H28N2O5/c1-36-27-19-11-14-23(28(27)37-21-22-12-5-2-6-13-22)20-26(29(33)34)31-30(35)32(24-15-7-3-8-16-24)25-17-9-4-10-18-25/h2-19,26H,20-21H2,1H3,(H,31,35)(H,33,34)/t26-/m1/s1. The SMILES string of the molecule is COc1cccc(C[C@@H](NC(=O)N(c2ccccc2)c2ccccc2)C(=O)O)c1OCc1ccccc1. The van der Waals surface area contributed by atoms with Crippen LogP contribution in [0, 0.1) is 0 Å². The van der Waals surface area contributed by atoms with Crippen LogP contribution in [0.4, 0.5) is 16.2 Å². The summed E-state index contributed by atoms with van der Waals surface area (Å²) >= 11 is 0. The lowest BCUT2D eigenvalue weighted by Gasteiger charge is -2.26. The highest BCUT2D eigenvalue weighted by molar-refractivity contribution is 6.00. The van der Waals surface area contributed by atoms with Crippen LogP contribution in [0.25, 0.3) is 0 Å². The second-order valence-corrected chi connectivity index (χ2v) is 8.27. The van der Waals surface area contributed by atoms with Crippen LogP contribution in [0.5, 0.6) is 11.5 Å². The number of rotatable bonds is 10. The third kappa shape index (κ3) is 6.46. The predicted molar refractivity (Wildman–Crippen MR) is 142 cm³/mol. The molecule has 2 N–H and O–H groups in total. The van der Waals surface area contributed by atoms with Crippen LogP contribution >= 0.6 is 0 Å². The second kappa shape index (κ2) is 12.3. The van der Waals surface area contributed by atoms with Crippen molar-refractivity contribution in [3.8, 4) is 11.5 Å². The van der Waals surface area contributed by atoms with Crippen molar-refractivity contribution in [2.45, 2.75) is 19.1 Å². The molecule has 7 nitrogen and oxygen atoms in total. The van der Waals surface area contributed by atoms with Gasteiger partial charge in [-0.05, 0) is 35.9 Å².